The first-order chi connectivity index (χ1) is 7.96. The largest absolute Gasteiger partial charge is 0.373 e. The van der Waals surface area contributed by atoms with Crippen LogP contribution in [-0.2, 0) is 4.74 Å². The number of aromatic nitrogens is 3. The van der Waals surface area contributed by atoms with E-state index in [0.29, 0.717) is 6.61 Å². The summed E-state index contributed by atoms with van der Waals surface area (Å²) in [5, 5.41) is 4.21. The maximum absolute atomic E-state index is 6.30. The van der Waals surface area contributed by atoms with Gasteiger partial charge >= 0.3 is 0 Å². The van der Waals surface area contributed by atoms with Crippen LogP contribution in [0.25, 0.3) is 0 Å². The first-order valence-electron chi connectivity index (χ1n) is 6.25. The van der Waals surface area contributed by atoms with Crippen LogP contribution < -0.4 is 5.73 Å². The van der Waals surface area contributed by atoms with E-state index in [2.05, 4.69) is 30.9 Å². The summed E-state index contributed by atoms with van der Waals surface area (Å²) in [5.74, 6) is 0.790. The average molecular weight is 240 g/mol. The van der Waals surface area contributed by atoms with Crippen molar-refractivity contribution in [3.63, 3.8) is 0 Å². The van der Waals surface area contributed by atoms with Crippen LogP contribution in [0.1, 0.15) is 58.9 Å². The first kappa shape index (κ1) is 14.1. The van der Waals surface area contributed by atoms with Crippen LogP contribution >= 0.6 is 0 Å². The minimum absolute atomic E-state index is 0.251. The molecule has 17 heavy (non-hydrogen) atoms. The molecule has 2 atom stereocenters. The highest BCUT2D eigenvalue weighted by atomic mass is 16.5. The van der Waals surface area contributed by atoms with Gasteiger partial charge in [-0.05, 0) is 34.1 Å². The molecule has 1 heterocycles. The van der Waals surface area contributed by atoms with Crippen molar-refractivity contribution in [1.82, 2.24) is 14.8 Å². The number of rotatable bonds is 6. The van der Waals surface area contributed by atoms with Gasteiger partial charge in [-0.15, -0.1) is 0 Å². The molecule has 0 fully saturated rings. The summed E-state index contributed by atoms with van der Waals surface area (Å²) in [5.41, 5.74) is 5.91. The van der Waals surface area contributed by atoms with Crippen molar-refractivity contribution >= 4 is 0 Å². The monoisotopic (exact) mass is 240 g/mol. The molecule has 1 aromatic heterocycles. The Kier molecular flexibility index (Phi) is 4.65. The summed E-state index contributed by atoms with van der Waals surface area (Å²) < 4.78 is 7.65. The number of hydrogen-bond acceptors (Lipinski definition) is 4. The molecule has 0 saturated carbocycles. The third kappa shape index (κ3) is 2.84. The molecule has 0 spiro atoms. The van der Waals surface area contributed by atoms with Crippen molar-refractivity contribution < 1.29 is 4.74 Å². The Morgan fingerprint density at radius 2 is 2.12 bits per heavy atom. The van der Waals surface area contributed by atoms with Crippen LogP contribution in [-0.4, -0.2) is 27.0 Å². The predicted molar refractivity (Wildman–Crippen MR) is 67.7 cm³/mol. The maximum Gasteiger partial charge on any atom is 0.146 e. The molecule has 2 N–H and O–H groups in total. The summed E-state index contributed by atoms with van der Waals surface area (Å²) in [4.78, 5) is 4.28. The van der Waals surface area contributed by atoms with Crippen molar-refractivity contribution in [2.24, 2.45) is 5.73 Å². The van der Waals surface area contributed by atoms with Gasteiger partial charge in [0.05, 0.1) is 11.6 Å². The average Bonchev–Trinajstić information content (AvgIpc) is 2.77. The highest BCUT2D eigenvalue weighted by molar-refractivity contribution is 5.03. The lowest BCUT2D eigenvalue weighted by atomic mass is 9.93. The molecule has 0 aliphatic rings. The number of hydrogen-bond donors (Lipinski definition) is 1. The van der Waals surface area contributed by atoms with E-state index in [-0.39, 0.29) is 12.1 Å². The van der Waals surface area contributed by atoms with Crippen molar-refractivity contribution in [3.05, 3.63) is 12.2 Å². The van der Waals surface area contributed by atoms with Gasteiger partial charge in [0.15, 0.2) is 0 Å². The molecule has 0 aliphatic carbocycles. The first-order valence-corrected chi connectivity index (χ1v) is 6.25. The number of ether oxygens (including phenoxy) is 1. The Hall–Kier alpha value is -0.940. The van der Waals surface area contributed by atoms with Crippen LogP contribution in [0, 0.1) is 0 Å². The zero-order valence-electron chi connectivity index (χ0n) is 11.5. The molecule has 0 bridgehead atoms. The van der Waals surface area contributed by atoms with Gasteiger partial charge in [0.25, 0.3) is 0 Å². The summed E-state index contributed by atoms with van der Waals surface area (Å²) in [6.45, 7) is 10.9. The van der Waals surface area contributed by atoms with Crippen LogP contribution in [0.3, 0.4) is 0 Å². The standard InChI is InChI=1S/C12H24N4O/c1-6-12(5,17-7-2)10(13)11-14-8-15-16(11)9(3)4/h8-10H,6-7,13H2,1-5H3. The Morgan fingerprint density at radius 3 is 2.59 bits per heavy atom. The fourth-order valence-electron chi connectivity index (χ4n) is 1.89. The van der Waals surface area contributed by atoms with Gasteiger partial charge in [-0.25, -0.2) is 9.67 Å². The second-order valence-corrected chi connectivity index (χ2v) is 4.73. The molecule has 0 radical (unpaired) electrons. The second kappa shape index (κ2) is 5.60. The SMILES string of the molecule is CCOC(C)(CC)C(N)c1ncnn1C(C)C. The minimum Gasteiger partial charge on any atom is -0.373 e. The van der Waals surface area contributed by atoms with Gasteiger partial charge in [-0.2, -0.15) is 5.10 Å². The van der Waals surface area contributed by atoms with E-state index in [4.69, 9.17) is 10.5 Å². The van der Waals surface area contributed by atoms with E-state index in [1.165, 1.54) is 0 Å². The molecule has 0 aromatic carbocycles. The predicted octanol–water partition coefficient (Wildman–Crippen LogP) is 2.06. The minimum atomic E-state index is -0.394. The lowest BCUT2D eigenvalue weighted by Gasteiger charge is -2.34. The highest BCUT2D eigenvalue weighted by Gasteiger charge is 2.35. The van der Waals surface area contributed by atoms with E-state index in [1.807, 2.05) is 18.5 Å². The molecule has 0 amide bonds. The zero-order valence-corrected chi connectivity index (χ0v) is 11.5. The molecule has 0 saturated heterocycles. The summed E-state index contributed by atoms with van der Waals surface area (Å²) in [6, 6.07) is -0.0152. The van der Waals surface area contributed by atoms with Crippen LogP contribution in [0.5, 0.6) is 0 Å². The summed E-state index contributed by atoms with van der Waals surface area (Å²) in [6.07, 6.45) is 2.39. The van der Waals surface area contributed by atoms with Crippen molar-refractivity contribution in [2.75, 3.05) is 6.61 Å². The van der Waals surface area contributed by atoms with Crippen molar-refractivity contribution in [3.8, 4) is 0 Å². The fraction of sp³-hybridized carbons (Fsp3) is 0.833. The molecule has 0 aliphatic heterocycles. The van der Waals surface area contributed by atoms with Crippen molar-refractivity contribution in [2.45, 2.75) is 58.7 Å². The van der Waals surface area contributed by atoms with Gasteiger partial charge < -0.3 is 10.5 Å². The van der Waals surface area contributed by atoms with E-state index < -0.39 is 5.60 Å². The van der Waals surface area contributed by atoms with Gasteiger partial charge in [0.2, 0.25) is 0 Å². The van der Waals surface area contributed by atoms with E-state index >= 15 is 0 Å². The molecule has 5 nitrogen and oxygen atoms in total. The molecular weight excluding hydrogens is 216 g/mol. The van der Waals surface area contributed by atoms with Crippen molar-refractivity contribution in [1.29, 1.82) is 0 Å². The Bertz CT molecular complexity index is 350. The molecule has 1 aromatic rings. The lowest BCUT2D eigenvalue weighted by molar-refractivity contribution is -0.0500. The normalized spacial score (nSPS) is 17.1. The van der Waals surface area contributed by atoms with Gasteiger partial charge in [0, 0.05) is 12.6 Å². The quantitative estimate of drug-likeness (QED) is 0.826. The Balaban J connectivity index is 3.01. The molecule has 1 rings (SSSR count). The summed E-state index contributed by atoms with van der Waals surface area (Å²) >= 11 is 0. The molecule has 98 valence electrons. The lowest BCUT2D eigenvalue weighted by Crippen LogP contribution is -2.42. The smallest absolute Gasteiger partial charge is 0.146 e. The molecule has 5 heteroatoms. The fourth-order valence-corrected chi connectivity index (χ4v) is 1.89. The Labute approximate surface area is 103 Å². The van der Waals surface area contributed by atoms with E-state index in [9.17, 15) is 0 Å². The van der Waals surface area contributed by atoms with Crippen LogP contribution in [0.2, 0.25) is 0 Å². The van der Waals surface area contributed by atoms with E-state index in [1.54, 1.807) is 6.33 Å². The second-order valence-electron chi connectivity index (χ2n) is 4.73. The maximum atomic E-state index is 6.30. The molecule has 2 unspecified atom stereocenters. The van der Waals surface area contributed by atoms with Gasteiger partial charge in [-0.3, -0.25) is 0 Å². The zero-order chi connectivity index (χ0) is 13.1. The van der Waals surface area contributed by atoms with Crippen LogP contribution in [0.15, 0.2) is 6.33 Å². The highest BCUT2D eigenvalue weighted by Crippen LogP contribution is 2.29. The number of nitrogens with two attached hydrogens (primary N) is 1. The van der Waals surface area contributed by atoms with Gasteiger partial charge in [-0.1, -0.05) is 6.92 Å². The van der Waals surface area contributed by atoms with Crippen LogP contribution in [0.4, 0.5) is 0 Å². The number of nitrogens with zero attached hydrogens (tertiary/aromatic N) is 3. The Morgan fingerprint density at radius 1 is 1.47 bits per heavy atom. The van der Waals surface area contributed by atoms with E-state index in [0.717, 1.165) is 12.2 Å². The topological polar surface area (TPSA) is 66.0 Å². The third-order valence-corrected chi connectivity index (χ3v) is 3.20. The summed E-state index contributed by atoms with van der Waals surface area (Å²) in [7, 11) is 0. The third-order valence-electron chi connectivity index (χ3n) is 3.20. The van der Waals surface area contributed by atoms with Gasteiger partial charge in [0.1, 0.15) is 12.2 Å². The molecular formula is C12H24N4O.